The third kappa shape index (κ3) is 3.76. The quantitative estimate of drug-likeness (QED) is 0.637. The molecule has 3 rings (SSSR count). The molecule has 0 aliphatic carbocycles. The van der Waals surface area contributed by atoms with Gasteiger partial charge in [-0.3, -0.25) is 0 Å². The van der Waals surface area contributed by atoms with Crippen LogP contribution in [0.1, 0.15) is 19.9 Å². The van der Waals surface area contributed by atoms with E-state index in [-0.39, 0.29) is 0 Å². The maximum Gasteiger partial charge on any atom is 0.224 e. The number of aromatic nitrogens is 5. The Bertz CT molecular complexity index is 815. The number of nitrogens with one attached hydrogen (secondary N) is 2. The van der Waals surface area contributed by atoms with Crippen molar-refractivity contribution in [2.75, 3.05) is 29.2 Å². The van der Waals surface area contributed by atoms with E-state index in [1.807, 2.05) is 18.5 Å². The summed E-state index contributed by atoms with van der Waals surface area (Å²) in [6.45, 7) is 5.10. The average molecular weight is 343 g/mol. The number of hydrogen-bond donors (Lipinski definition) is 2. The van der Waals surface area contributed by atoms with Gasteiger partial charge in [-0.2, -0.15) is 16.7 Å². The summed E-state index contributed by atoms with van der Waals surface area (Å²) in [5.41, 5.74) is 1.94. The molecule has 0 amide bonds. The monoisotopic (exact) mass is 343 g/mol. The summed E-state index contributed by atoms with van der Waals surface area (Å²) in [6.07, 6.45) is 7.42. The SMILES string of the molecule is CSCCNc1nccc(Nc2cc3c(cn2)ncn3C(C)C)n1. The van der Waals surface area contributed by atoms with Crippen LogP contribution in [0.15, 0.2) is 30.9 Å². The first-order valence-corrected chi connectivity index (χ1v) is 9.22. The van der Waals surface area contributed by atoms with Crippen LogP contribution in [-0.4, -0.2) is 43.1 Å². The topological polar surface area (TPSA) is 80.5 Å². The second-order valence-corrected chi connectivity index (χ2v) is 6.60. The molecular weight excluding hydrogens is 322 g/mol. The lowest BCUT2D eigenvalue weighted by atomic mass is 10.3. The molecule has 0 aromatic carbocycles. The predicted octanol–water partition coefficient (Wildman–Crippen LogP) is 3.32. The fourth-order valence-corrected chi connectivity index (χ4v) is 2.63. The molecule has 126 valence electrons. The van der Waals surface area contributed by atoms with Crippen molar-refractivity contribution in [3.8, 4) is 0 Å². The first-order valence-electron chi connectivity index (χ1n) is 7.83. The molecule has 0 aliphatic rings. The lowest BCUT2D eigenvalue weighted by Crippen LogP contribution is -2.08. The van der Waals surface area contributed by atoms with Crippen LogP contribution in [0.25, 0.3) is 11.0 Å². The number of hydrogen-bond acceptors (Lipinski definition) is 7. The minimum atomic E-state index is 0.344. The lowest BCUT2D eigenvalue weighted by Gasteiger charge is -2.10. The zero-order chi connectivity index (χ0) is 16.9. The van der Waals surface area contributed by atoms with Crippen LogP contribution >= 0.6 is 11.8 Å². The summed E-state index contributed by atoms with van der Waals surface area (Å²) < 4.78 is 2.12. The Morgan fingerprint density at radius 2 is 2.08 bits per heavy atom. The second-order valence-electron chi connectivity index (χ2n) is 5.61. The Kier molecular flexibility index (Phi) is 5.14. The molecule has 0 saturated carbocycles. The van der Waals surface area contributed by atoms with E-state index in [2.05, 4.69) is 55.2 Å². The highest BCUT2D eigenvalue weighted by molar-refractivity contribution is 7.98. The molecule has 0 bridgehead atoms. The standard InChI is InChI=1S/C16H21N7S/c1-11(2)23-10-20-12-9-19-15(8-13(12)23)21-14-4-5-17-16(22-14)18-6-7-24-3/h4-5,8-11H,6-7H2,1-3H3,(H2,17,18,19,21,22). The number of pyridine rings is 1. The molecule has 24 heavy (non-hydrogen) atoms. The minimum absolute atomic E-state index is 0.344. The number of imidazole rings is 1. The van der Waals surface area contributed by atoms with E-state index in [4.69, 9.17) is 0 Å². The number of rotatable bonds is 7. The van der Waals surface area contributed by atoms with Crippen LogP contribution in [0, 0.1) is 0 Å². The van der Waals surface area contributed by atoms with Crippen LogP contribution in [-0.2, 0) is 0 Å². The largest absolute Gasteiger partial charge is 0.353 e. The van der Waals surface area contributed by atoms with Crippen LogP contribution in [0.3, 0.4) is 0 Å². The van der Waals surface area contributed by atoms with Gasteiger partial charge in [0.25, 0.3) is 0 Å². The molecule has 0 unspecified atom stereocenters. The maximum absolute atomic E-state index is 4.46. The third-order valence-electron chi connectivity index (χ3n) is 3.52. The highest BCUT2D eigenvalue weighted by atomic mass is 32.2. The van der Waals surface area contributed by atoms with Crippen molar-refractivity contribution >= 4 is 40.4 Å². The van der Waals surface area contributed by atoms with Crippen molar-refractivity contribution in [3.63, 3.8) is 0 Å². The van der Waals surface area contributed by atoms with Crippen molar-refractivity contribution in [2.24, 2.45) is 0 Å². The zero-order valence-electron chi connectivity index (χ0n) is 14.0. The minimum Gasteiger partial charge on any atom is -0.353 e. The van der Waals surface area contributed by atoms with Crippen LogP contribution < -0.4 is 10.6 Å². The highest BCUT2D eigenvalue weighted by Crippen LogP contribution is 2.21. The van der Waals surface area contributed by atoms with Gasteiger partial charge in [0.2, 0.25) is 5.95 Å². The Morgan fingerprint density at radius 3 is 2.88 bits per heavy atom. The molecule has 0 spiro atoms. The van der Waals surface area contributed by atoms with Gasteiger partial charge >= 0.3 is 0 Å². The van der Waals surface area contributed by atoms with Gasteiger partial charge < -0.3 is 15.2 Å². The molecule has 0 saturated heterocycles. The molecular formula is C16H21N7S. The summed E-state index contributed by atoms with van der Waals surface area (Å²) >= 11 is 1.78. The summed E-state index contributed by atoms with van der Waals surface area (Å²) in [4.78, 5) is 17.5. The molecule has 3 heterocycles. The van der Waals surface area contributed by atoms with Crippen molar-refractivity contribution in [1.29, 1.82) is 0 Å². The molecule has 0 aliphatic heterocycles. The first-order chi connectivity index (χ1) is 11.7. The molecule has 2 N–H and O–H groups in total. The number of fused-ring (bicyclic) bond motifs is 1. The van der Waals surface area contributed by atoms with Gasteiger partial charge in [0.15, 0.2) is 0 Å². The van der Waals surface area contributed by atoms with Gasteiger partial charge in [-0.25, -0.2) is 15.0 Å². The van der Waals surface area contributed by atoms with E-state index in [0.717, 1.165) is 29.1 Å². The van der Waals surface area contributed by atoms with Crippen molar-refractivity contribution in [1.82, 2.24) is 24.5 Å². The van der Waals surface area contributed by atoms with Gasteiger partial charge in [0, 0.05) is 30.6 Å². The van der Waals surface area contributed by atoms with Gasteiger partial charge in [-0.05, 0) is 26.2 Å². The van der Waals surface area contributed by atoms with Gasteiger partial charge in [0.1, 0.15) is 17.2 Å². The summed E-state index contributed by atoms with van der Waals surface area (Å²) in [5, 5.41) is 6.44. The van der Waals surface area contributed by atoms with Gasteiger partial charge in [-0.15, -0.1) is 0 Å². The van der Waals surface area contributed by atoms with E-state index in [9.17, 15) is 0 Å². The summed E-state index contributed by atoms with van der Waals surface area (Å²) in [6, 6.07) is 4.16. The van der Waals surface area contributed by atoms with Gasteiger partial charge in [0.05, 0.1) is 18.0 Å². The summed E-state index contributed by atoms with van der Waals surface area (Å²) in [7, 11) is 0. The molecule has 8 heteroatoms. The van der Waals surface area contributed by atoms with Crippen molar-refractivity contribution < 1.29 is 0 Å². The normalized spacial score (nSPS) is 11.2. The third-order valence-corrected chi connectivity index (χ3v) is 4.13. The van der Waals surface area contributed by atoms with E-state index in [0.29, 0.717) is 17.8 Å². The molecule has 0 fully saturated rings. The molecule has 0 atom stereocenters. The predicted molar refractivity (Wildman–Crippen MR) is 100 cm³/mol. The zero-order valence-corrected chi connectivity index (χ0v) is 14.8. The highest BCUT2D eigenvalue weighted by Gasteiger charge is 2.08. The molecule has 0 radical (unpaired) electrons. The van der Waals surface area contributed by atoms with Crippen LogP contribution in [0.5, 0.6) is 0 Å². The maximum atomic E-state index is 4.46. The molecule has 3 aromatic rings. The van der Waals surface area contributed by atoms with Crippen molar-refractivity contribution in [2.45, 2.75) is 19.9 Å². The first kappa shape index (κ1) is 16.5. The second kappa shape index (κ2) is 7.48. The van der Waals surface area contributed by atoms with Crippen LogP contribution in [0.2, 0.25) is 0 Å². The fourth-order valence-electron chi connectivity index (χ4n) is 2.32. The fraction of sp³-hybridized carbons (Fsp3) is 0.375. The Morgan fingerprint density at radius 1 is 1.21 bits per heavy atom. The summed E-state index contributed by atoms with van der Waals surface area (Å²) in [5.74, 6) is 3.07. The molecule has 3 aromatic heterocycles. The van der Waals surface area contributed by atoms with Crippen molar-refractivity contribution in [3.05, 3.63) is 30.9 Å². The molecule has 7 nitrogen and oxygen atoms in total. The number of thioether (sulfide) groups is 1. The average Bonchev–Trinajstić information content (AvgIpc) is 2.99. The Labute approximate surface area is 145 Å². The number of nitrogens with zero attached hydrogens (tertiary/aromatic N) is 5. The Hall–Kier alpha value is -2.35. The van der Waals surface area contributed by atoms with Gasteiger partial charge in [-0.1, -0.05) is 0 Å². The van der Waals surface area contributed by atoms with E-state index < -0.39 is 0 Å². The smallest absolute Gasteiger partial charge is 0.224 e. The van der Waals surface area contributed by atoms with E-state index >= 15 is 0 Å². The lowest BCUT2D eigenvalue weighted by molar-refractivity contribution is 0.617. The van der Waals surface area contributed by atoms with Crippen LogP contribution in [0.4, 0.5) is 17.6 Å². The number of anilines is 3. The van der Waals surface area contributed by atoms with E-state index in [1.54, 1.807) is 24.2 Å². The van der Waals surface area contributed by atoms with E-state index in [1.165, 1.54) is 0 Å². The Balaban J connectivity index is 1.79.